The fourth-order valence-electron chi connectivity index (χ4n) is 2.63. The topological polar surface area (TPSA) is 77.9 Å². The van der Waals surface area contributed by atoms with Crippen LogP contribution in [0.1, 0.15) is 44.9 Å². The van der Waals surface area contributed by atoms with Crippen molar-refractivity contribution < 1.29 is 19.5 Å². The van der Waals surface area contributed by atoms with Gasteiger partial charge in [0.1, 0.15) is 0 Å². The molecule has 0 spiro atoms. The van der Waals surface area contributed by atoms with E-state index in [1.165, 1.54) is 4.90 Å². The lowest BCUT2D eigenvalue weighted by Crippen LogP contribution is -2.40. The summed E-state index contributed by atoms with van der Waals surface area (Å²) in [5.74, 6) is -0.356. The molecule has 1 fully saturated rings. The molecule has 0 radical (unpaired) electrons. The summed E-state index contributed by atoms with van der Waals surface area (Å²) in [6.45, 7) is 1.41. The minimum absolute atomic E-state index is 0.0424. The van der Waals surface area contributed by atoms with Crippen molar-refractivity contribution >= 4 is 17.8 Å². The van der Waals surface area contributed by atoms with Crippen molar-refractivity contribution in [2.45, 2.75) is 44.9 Å². The number of carbonyl (C=O) groups is 3. The summed E-state index contributed by atoms with van der Waals surface area (Å²) in [7, 11) is 3.42. The highest BCUT2D eigenvalue weighted by Gasteiger charge is 2.23. The molecule has 6 nitrogen and oxygen atoms in total. The molecule has 1 saturated heterocycles. The van der Waals surface area contributed by atoms with Crippen LogP contribution in [-0.4, -0.2) is 59.9 Å². The molecule has 0 aromatic rings. The van der Waals surface area contributed by atoms with Crippen molar-refractivity contribution in [3.05, 3.63) is 0 Å². The van der Waals surface area contributed by atoms with Gasteiger partial charge >= 0.3 is 5.97 Å². The lowest BCUT2D eigenvalue weighted by atomic mass is 9.93. The summed E-state index contributed by atoms with van der Waals surface area (Å²) in [6, 6.07) is 0. The molecule has 1 rings (SSSR count). The van der Waals surface area contributed by atoms with Crippen molar-refractivity contribution in [3.8, 4) is 0 Å². The second-order valence-corrected chi connectivity index (χ2v) is 5.92. The minimum atomic E-state index is -0.777. The Bertz CT molecular complexity index is 382. The van der Waals surface area contributed by atoms with E-state index in [1.807, 2.05) is 4.90 Å². The Morgan fingerprint density at radius 1 is 1.19 bits per heavy atom. The van der Waals surface area contributed by atoms with Crippen LogP contribution in [0.5, 0.6) is 0 Å². The van der Waals surface area contributed by atoms with Crippen LogP contribution in [0.2, 0.25) is 0 Å². The molecular weight excluding hydrogens is 272 g/mol. The fourth-order valence-corrected chi connectivity index (χ4v) is 2.63. The van der Waals surface area contributed by atoms with E-state index in [-0.39, 0.29) is 18.2 Å². The Morgan fingerprint density at radius 2 is 1.90 bits per heavy atom. The van der Waals surface area contributed by atoms with E-state index in [2.05, 4.69) is 0 Å². The lowest BCUT2D eigenvalue weighted by Gasteiger charge is -2.32. The normalized spacial score (nSPS) is 18.4. The van der Waals surface area contributed by atoms with E-state index in [1.54, 1.807) is 14.1 Å². The highest BCUT2D eigenvalue weighted by molar-refractivity contribution is 5.78. The summed E-state index contributed by atoms with van der Waals surface area (Å²) < 4.78 is 0. The molecule has 1 aliphatic rings. The number of nitrogens with zero attached hydrogens (tertiary/aromatic N) is 2. The third kappa shape index (κ3) is 6.60. The second-order valence-electron chi connectivity index (χ2n) is 5.92. The highest BCUT2D eigenvalue weighted by atomic mass is 16.4. The summed E-state index contributed by atoms with van der Waals surface area (Å²) in [6.07, 6.45) is 4.11. The number of hydrogen-bond donors (Lipinski definition) is 1. The average molecular weight is 298 g/mol. The Hall–Kier alpha value is -1.59. The minimum Gasteiger partial charge on any atom is -0.481 e. The standard InChI is InChI=1S/C15H26N2O4/c1-16(2)13(18)6-3-7-14(19)17-10-4-5-12(11-17)8-9-15(20)21/h12H,3-11H2,1-2H3,(H,20,21). The Morgan fingerprint density at radius 3 is 2.52 bits per heavy atom. The van der Waals surface area contributed by atoms with Crippen LogP contribution in [-0.2, 0) is 14.4 Å². The molecule has 0 bridgehead atoms. The van der Waals surface area contributed by atoms with Crippen LogP contribution >= 0.6 is 0 Å². The smallest absolute Gasteiger partial charge is 0.303 e. The molecule has 1 aliphatic heterocycles. The maximum Gasteiger partial charge on any atom is 0.303 e. The Kier molecular flexibility index (Phi) is 7.19. The zero-order valence-corrected chi connectivity index (χ0v) is 13.0. The fraction of sp³-hybridized carbons (Fsp3) is 0.800. The van der Waals surface area contributed by atoms with Gasteiger partial charge in [-0.25, -0.2) is 0 Å². The van der Waals surface area contributed by atoms with E-state index in [0.717, 1.165) is 19.4 Å². The number of rotatable bonds is 7. The molecule has 1 unspecified atom stereocenters. The van der Waals surface area contributed by atoms with Gasteiger partial charge in [0.05, 0.1) is 0 Å². The number of carbonyl (C=O) groups excluding carboxylic acids is 2. The molecule has 1 atom stereocenters. The third-order valence-electron chi connectivity index (χ3n) is 3.92. The molecule has 21 heavy (non-hydrogen) atoms. The summed E-state index contributed by atoms with van der Waals surface area (Å²) in [5.41, 5.74) is 0. The van der Waals surface area contributed by atoms with Gasteiger partial charge < -0.3 is 14.9 Å². The van der Waals surface area contributed by atoms with Crippen LogP contribution in [0.3, 0.4) is 0 Å². The molecule has 0 saturated carbocycles. The van der Waals surface area contributed by atoms with Crippen molar-refractivity contribution in [2.75, 3.05) is 27.2 Å². The zero-order chi connectivity index (χ0) is 15.8. The van der Waals surface area contributed by atoms with E-state index >= 15 is 0 Å². The number of hydrogen-bond acceptors (Lipinski definition) is 3. The predicted molar refractivity (Wildman–Crippen MR) is 78.7 cm³/mol. The van der Waals surface area contributed by atoms with Crippen molar-refractivity contribution in [3.63, 3.8) is 0 Å². The molecular formula is C15H26N2O4. The zero-order valence-electron chi connectivity index (χ0n) is 13.0. The molecule has 6 heteroatoms. The SMILES string of the molecule is CN(C)C(=O)CCCC(=O)N1CCCC(CCC(=O)O)C1. The first-order chi connectivity index (χ1) is 9.90. The van der Waals surface area contributed by atoms with Gasteiger partial charge in [0.2, 0.25) is 11.8 Å². The number of likely N-dealkylation sites (tertiary alicyclic amines) is 1. The van der Waals surface area contributed by atoms with Gasteiger partial charge in [0.25, 0.3) is 0 Å². The van der Waals surface area contributed by atoms with E-state index in [0.29, 0.717) is 38.1 Å². The van der Waals surface area contributed by atoms with Crippen LogP contribution in [0.15, 0.2) is 0 Å². The molecule has 1 heterocycles. The summed E-state index contributed by atoms with van der Waals surface area (Å²) >= 11 is 0. The van der Waals surface area contributed by atoms with Gasteiger partial charge in [0.15, 0.2) is 0 Å². The van der Waals surface area contributed by atoms with Crippen LogP contribution in [0, 0.1) is 5.92 Å². The predicted octanol–water partition coefficient (Wildman–Crippen LogP) is 1.35. The first kappa shape index (κ1) is 17.5. The van der Waals surface area contributed by atoms with Gasteiger partial charge in [-0.2, -0.15) is 0 Å². The molecule has 0 aromatic heterocycles. The average Bonchev–Trinajstić information content (AvgIpc) is 2.45. The summed E-state index contributed by atoms with van der Waals surface area (Å²) in [5, 5.41) is 8.72. The van der Waals surface area contributed by atoms with Crippen molar-refractivity contribution in [1.29, 1.82) is 0 Å². The second kappa shape index (κ2) is 8.64. The van der Waals surface area contributed by atoms with E-state index in [4.69, 9.17) is 5.11 Å². The van der Waals surface area contributed by atoms with Crippen LogP contribution < -0.4 is 0 Å². The first-order valence-electron chi connectivity index (χ1n) is 7.60. The highest BCUT2D eigenvalue weighted by Crippen LogP contribution is 2.21. The van der Waals surface area contributed by atoms with Gasteiger partial charge in [-0.15, -0.1) is 0 Å². The van der Waals surface area contributed by atoms with Crippen LogP contribution in [0.25, 0.3) is 0 Å². The van der Waals surface area contributed by atoms with Gasteiger partial charge in [-0.05, 0) is 31.6 Å². The third-order valence-corrected chi connectivity index (χ3v) is 3.92. The number of carboxylic acids is 1. The van der Waals surface area contributed by atoms with E-state index in [9.17, 15) is 14.4 Å². The number of amides is 2. The Balaban J connectivity index is 2.29. The molecule has 2 amide bonds. The van der Waals surface area contributed by atoms with Crippen molar-refractivity contribution in [1.82, 2.24) is 9.80 Å². The van der Waals surface area contributed by atoms with Gasteiger partial charge in [-0.3, -0.25) is 14.4 Å². The van der Waals surface area contributed by atoms with Crippen LogP contribution in [0.4, 0.5) is 0 Å². The number of aliphatic carboxylic acids is 1. The quantitative estimate of drug-likeness (QED) is 0.769. The molecule has 0 aliphatic carbocycles. The van der Waals surface area contributed by atoms with E-state index < -0.39 is 5.97 Å². The number of carboxylic acid groups (broad SMARTS) is 1. The summed E-state index contributed by atoms with van der Waals surface area (Å²) in [4.78, 5) is 37.5. The largest absolute Gasteiger partial charge is 0.481 e. The van der Waals surface area contributed by atoms with Crippen molar-refractivity contribution in [2.24, 2.45) is 5.92 Å². The van der Waals surface area contributed by atoms with Gasteiger partial charge in [0, 0.05) is 46.4 Å². The monoisotopic (exact) mass is 298 g/mol. The Labute approximate surface area is 126 Å². The first-order valence-corrected chi connectivity index (χ1v) is 7.60. The number of piperidine rings is 1. The maximum atomic E-state index is 12.1. The molecule has 1 N–H and O–H groups in total. The lowest BCUT2D eigenvalue weighted by molar-refractivity contribution is -0.137. The molecule has 120 valence electrons. The maximum absolute atomic E-state index is 12.1. The molecule has 0 aromatic carbocycles. The van der Waals surface area contributed by atoms with Gasteiger partial charge in [-0.1, -0.05) is 0 Å².